The number of carbonyl (C=O) groups is 1. The molecule has 5 rings (SSSR count). The van der Waals surface area contributed by atoms with Gasteiger partial charge in [0.05, 0.1) is 38.9 Å². The average Bonchev–Trinajstić information content (AvgIpc) is 3.36. The SMILES string of the molecule is CN1C[C@@H]2CCN(c3c(Cl)cnc4[nH]c5c(N(C)C(=O)O)cc(F)c(F)c5c34)[C@@H]2C1. The number of carboxylic acid groups (broad SMARTS) is 1. The Balaban J connectivity index is 1.82. The molecule has 1 amide bonds. The predicted molar refractivity (Wildman–Crippen MR) is 112 cm³/mol. The van der Waals surface area contributed by atoms with Crippen molar-refractivity contribution in [2.24, 2.45) is 5.92 Å². The first kappa shape index (κ1) is 19.3. The number of likely N-dealkylation sites (N-methyl/N-ethyl adjacent to an activating group) is 1. The number of aromatic amines is 1. The number of aromatic nitrogens is 2. The van der Waals surface area contributed by atoms with Crippen molar-refractivity contribution in [2.75, 3.05) is 43.5 Å². The van der Waals surface area contributed by atoms with E-state index in [1.807, 2.05) is 0 Å². The predicted octanol–water partition coefficient (Wildman–Crippen LogP) is 3.90. The summed E-state index contributed by atoms with van der Waals surface area (Å²) in [6.07, 6.45) is 1.19. The second kappa shape index (κ2) is 6.68. The normalized spacial score (nSPS) is 21.7. The Morgan fingerprint density at radius 1 is 1.37 bits per heavy atom. The zero-order chi connectivity index (χ0) is 21.3. The molecule has 4 heterocycles. The second-order valence-electron chi connectivity index (χ2n) is 8.12. The van der Waals surface area contributed by atoms with E-state index < -0.39 is 17.7 Å². The van der Waals surface area contributed by atoms with Crippen LogP contribution in [0.1, 0.15) is 6.42 Å². The third kappa shape index (κ3) is 2.65. The number of pyridine rings is 1. The Labute approximate surface area is 175 Å². The van der Waals surface area contributed by atoms with E-state index in [4.69, 9.17) is 11.6 Å². The molecule has 2 aliphatic rings. The van der Waals surface area contributed by atoms with Gasteiger partial charge in [-0.15, -0.1) is 0 Å². The number of benzene rings is 1. The summed E-state index contributed by atoms with van der Waals surface area (Å²) in [4.78, 5) is 24.0. The van der Waals surface area contributed by atoms with Crippen molar-refractivity contribution in [3.8, 4) is 0 Å². The van der Waals surface area contributed by atoms with E-state index in [-0.39, 0.29) is 22.6 Å². The topological polar surface area (TPSA) is 75.7 Å². The minimum absolute atomic E-state index is 0.0105. The van der Waals surface area contributed by atoms with Crippen molar-refractivity contribution in [2.45, 2.75) is 12.5 Å². The Morgan fingerprint density at radius 2 is 2.13 bits per heavy atom. The standard InChI is InChI=1S/C20H20ClF2N5O2/c1-26-7-9-3-4-28(13(9)8-26)18-10(21)6-24-19-15(18)14-16(23)11(22)5-12(17(14)25-19)27(2)20(29)30/h5-6,9,13H,3-4,7-8H2,1-2H3,(H,24,25)(H,29,30)/t9-,13+/m0/s1. The van der Waals surface area contributed by atoms with Gasteiger partial charge < -0.3 is 19.9 Å². The van der Waals surface area contributed by atoms with Crippen LogP contribution in [0.2, 0.25) is 5.02 Å². The van der Waals surface area contributed by atoms with Gasteiger partial charge in [0.15, 0.2) is 11.6 Å². The molecule has 10 heteroatoms. The minimum atomic E-state index is -1.29. The lowest BCUT2D eigenvalue weighted by atomic mass is 10.0. The highest BCUT2D eigenvalue weighted by Gasteiger charge is 2.41. The van der Waals surface area contributed by atoms with E-state index in [1.54, 1.807) is 0 Å². The van der Waals surface area contributed by atoms with Crippen LogP contribution in [0.4, 0.5) is 25.0 Å². The monoisotopic (exact) mass is 435 g/mol. The highest BCUT2D eigenvalue weighted by molar-refractivity contribution is 6.36. The van der Waals surface area contributed by atoms with Gasteiger partial charge in [0.2, 0.25) is 0 Å². The molecule has 30 heavy (non-hydrogen) atoms. The van der Waals surface area contributed by atoms with Crippen LogP contribution in [-0.4, -0.2) is 65.8 Å². The van der Waals surface area contributed by atoms with E-state index in [1.165, 1.54) is 13.2 Å². The largest absolute Gasteiger partial charge is 0.465 e. The van der Waals surface area contributed by atoms with E-state index in [9.17, 15) is 14.3 Å². The Bertz CT molecular complexity index is 1200. The lowest BCUT2D eigenvalue weighted by Gasteiger charge is -2.28. The summed E-state index contributed by atoms with van der Waals surface area (Å²) >= 11 is 6.56. The van der Waals surface area contributed by atoms with Crippen molar-refractivity contribution in [3.63, 3.8) is 0 Å². The Morgan fingerprint density at radius 3 is 2.87 bits per heavy atom. The number of nitrogens with zero attached hydrogens (tertiary/aromatic N) is 4. The fourth-order valence-electron chi connectivity index (χ4n) is 5.00. The molecule has 2 N–H and O–H groups in total. The number of hydrogen-bond donors (Lipinski definition) is 2. The fraction of sp³-hybridized carbons (Fsp3) is 0.400. The molecule has 2 atom stereocenters. The number of halogens is 3. The highest BCUT2D eigenvalue weighted by Crippen LogP contribution is 2.45. The Hall–Kier alpha value is -2.65. The molecule has 0 unspecified atom stereocenters. The molecule has 0 bridgehead atoms. The van der Waals surface area contributed by atoms with Gasteiger partial charge in [-0.05, 0) is 19.4 Å². The van der Waals surface area contributed by atoms with Gasteiger partial charge in [0, 0.05) is 38.8 Å². The molecule has 1 aromatic carbocycles. The number of nitrogens with one attached hydrogen (secondary N) is 1. The number of likely N-dealkylation sites (tertiary alicyclic amines) is 1. The van der Waals surface area contributed by atoms with Crippen molar-refractivity contribution in [3.05, 3.63) is 28.9 Å². The summed E-state index contributed by atoms with van der Waals surface area (Å²) in [5, 5.41) is 10.1. The van der Waals surface area contributed by atoms with E-state index >= 15 is 4.39 Å². The van der Waals surface area contributed by atoms with Crippen molar-refractivity contribution < 1.29 is 18.7 Å². The first-order chi connectivity index (χ1) is 14.3. The van der Waals surface area contributed by atoms with Crippen LogP contribution in [0.15, 0.2) is 12.3 Å². The smallest absolute Gasteiger partial charge is 0.411 e. The number of H-pyrrole nitrogens is 1. The summed E-state index contributed by atoms with van der Waals surface area (Å²) in [5.74, 6) is -1.70. The summed E-state index contributed by atoms with van der Waals surface area (Å²) < 4.78 is 29.6. The van der Waals surface area contributed by atoms with Gasteiger partial charge in [-0.1, -0.05) is 11.6 Å². The molecule has 2 saturated heterocycles. The van der Waals surface area contributed by atoms with Crippen LogP contribution in [0.5, 0.6) is 0 Å². The molecular weight excluding hydrogens is 416 g/mol. The van der Waals surface area contributed by atoms with E-state index in [0.29, 0.717) is 27.7 Å². The molecule has 2 aliphatic heterocycles. The van der Waals surface area contributed by atoms with Gasteiger partial charge in [-0.3, -0.25) is 4.90 Å². The van der Waals surface area contributed by atoms with Gasteiger partial charge in [0.25, 0.3) is 0 Å². The van der Waals surface area contributed by atoms with Gasteiger partial charge in [-0.2, -0.15) is 0 Å². The summed E-state index contributed by atoms with van der Waals surface area (Å²) in [6, 6.07) is 1.10. The van der Waals surface area contributed by atoms with Crippen molar-refractivity contribution in [1.82, 2.24) is 14.9 Å². The maximum absolute atomic E-state index is 15.1. The van der Waals surface area contributed by atoms with Crippen LogP contribution < -0.4 is 9.80 Å². The maximum Gasteiger partial charge on any atom is 0.411 e. The number of fused-ring (bicyclic) bond motifs is 4. The third-order valence-electron chi connectivity index (χ3n) is 6.36. The van der Waals surface area contributed by atoms with E-state index in [2.05, 4.69) is 26.8 Å². The Kier molecular flexibility index (Phi) is 4.30. The van der Waals surface area contributed by atoms with Crippen LogP contribution >= 0.6 is 11.6 Å². The van der Waals surface area contributed by atoms with Gasteiger partial charge in [-0.25, -0.2) is 18.6 Å². The molecule has 0 radical (unpaired) electrons. The molecule has 3 aromatic rings. The molecule has 2 aromatic heterocycles. The van der Waals surface area contributed by atoms with Crippen LogP contribution in [-0.2, 0) is 0 Å². The van der Waals surface area contributed by atoms with Gasteiger partial charge >= 0.3 is 6.09 Å². The van der Waals surface area contributed by atoms with Crippen LogP contribution in [0.25, 0.3) is 21.9 Å². The number of anilines is 2. The highest BCUT2D eigenvalue weighted by atomic mass is 35.5. The molecular formula is C20H20ClF2N5O2. The summed E-state index contributed by atoms with van der Waals surface area (Å²) in [7, 11) is 3.34. The third-order valence-corrected chi connectivity index (χ3v) is 6.64. The van der Waals surface area contributed by atoms with Crippen molar-refractivity contribution in [1.29, 1.82) is 0 Å². The zero-order valence-electron chi connectivity index (χ0n) is 16.4. The molecule has 0 aliphatic carbocycles. The van der Waals surface area contributed by atoms with Crippen molar-refractivity contribution >= 4 is 51.0 Å². The number of hydrogen-bond acceptors (Lipinski definition) is 4. The molecule has 0 saturated carbocycles. The molecule has 7 nitrogen and oxygen atoms in total. The lowest BCUT2D eigenvalue weighted by molar-refractivity contribution is 0.203. The molecule has 0 spiro atoms. The average molecular weight is 436 g/mol. The zero-order valence-corrected chi connectivity index (χ0v) is 17.2. The van der Waals surface area contributed by atoms with E-state index in [0.717, 1.165) is 37.0 Å². The van der Waals surface area contributed by atoms with Crippen LogP contribution in [0, 0.1) is 17.6 Å². The summed E-state index contributed by atoms with van der Waals surface area (Å²) in [6.45, 7) is 2.60. The fourth-order valence-corrected chi connectivity index (χ4v) is 5.25. The summed E-state index contributed by atoms with van der Waals surface area (Å²) in [5.41, 5.74) is 1.13. The number of amides is 1. The quantitative estimate of drug-likeness (QED) is 0.638. The molecule has 158 valence electrons. The van der Waals surface area contributed by atoms with Crippen LogP contribution in [0.3, 0.4) is 0 Å². The second-order valence-corrected chi connectivity index (χ2v) is 8.52. The minimum Gasteiger partial charge on any atom is -0.465 e. The maximum atomic E-state index is 15.1. The van der Waals surface area contributed by atoms with Gasteiger partial charge in [0.1, 0.15) is 5.65 Å². The lowest BCUT2D eigenvalue weighted by Crippen LogP contribution is -2.34. The molecule has 2 fully saturated rings. The number of rotatable bonds is 2. The first-order valence-electron chi connectivity index (χ1n) is 9.67. The first-order valence-corrected chi connectivity index (χ1v) is 10.1.